The van der Waals surface area contributed by atoms with E-state index in [1.165, 1.54) is 0 Å². The standard InChI is InChI=1S/2C12H11NO2S/c2*14-16(15,12-9-5-2-6-10-12)13-11-7-3-1-4-8-11/h2*1-10,13H. The number of hydrogen-bond acceptors (Lipinski definition) is 4. The van der Waals surface area contributed by atoms with E-state index in [9.17, 15) is 16.8 Å². The van der Waals surface area contributed by atoms with Crippen LogP contribution in [0.3, 0.4) is 0 Å². The Bertz CT molecular complexity index is 1210. The molecule has 0 unspecified atom stereocenters. The van der Waals surface area contributed by atoms with Crippen LogP contribution in [0, 0.1) is 0 Å². The Labute approximate surface area is 188 Å². The van der Waals surface area contributed by atoms with Crippen LogP contribution >= 0.6 is 0 Å². The van der Waals surface area contributed by atoms with Gasteiger partial charge in [-0.25, -0.2) is 16.8 Å². The molecule has 0 aromatic heterocycles. The number of benzene rings is 4. The van der Waals surface area contributed by atoms with E-state index in [0.717, 1.165) is 0 Å². The number of para-hydroxylation sites is 2. The fourth-order valence-corrected chi connectivity index (χ4v) is 4.80. The molecule has 4 aromatic carbocycles. The minimum atomic E-state index is -3.46. The predicted molar refractivity (Wildman–Crippen MR) is 127 cm³/mol. The Morgan fingerprint density at radius 3 is 0.906 bits per heavy atom. The summed E-state index contributed by atoms with van der Waals surface area (Å²) in [6, 6.07) is 34.2. The van der Waals surface area contributed by atoms with Crippen LogP contribution in [0.1, 0.15) is 0 Å². The quantitative estimate of drug-likeness (QED) is 0.419. The number of anilines is 2. The van der Waals surface area contributed by atoms with Crippen LogP contribution < -0.4 is 9.44 Å². The number of hydrogen-bond donors (Lipinski definition) is 2. The molecule has 8 heteroatoms. The smallest absolute Gasteiger partial charge is 0.261 e. The fourth-order valence-electron chi connectivity index (χ4n) is 2.64. The van der Waals surface area contributed by atoms with Gasteiger partial charge < -0.3 is 0 Å². The van der Waals surface area contributed by atoms with Crippen LogP contribution in [0.15, 0.2) is 131 Å². The van der Waals surface area contributed by atoms with E-state index >= 15 is 0 Å². The van der Waals surface area contributed by atoms with E-state index in [0.29, 0.717) is 11.4 Å². The van der Waals surface area contributed by atoms with Gasteiger partial charge in [-0.15, -0.1) is 0 Å². The van der Waals surface area contributed by atoms with Crippen molar-refractivity contribution in [2.24, 2.45) is 0 Å². The van der Waals surface area contributed by atoms with Crippen LogP contribution in [0.2, 0.25) is 0 Å². The molecule has 0 aliphatic carbocycles. The van der Waals surface area contributed by atoms with E-state index < -0.39 is 20.0 Å². The summed E-state index contributed by atoms with van der Waals surface area (Å²) in [4.78, 5) is 0.526. The van der Waals surface area contributed by atoms with Crippen LogP contribution in [-0.2, 0) is 20.0 Å². The normalized spacial score (nSPS) is 11.0. The second-order valence-corrected chi connectivity index (χ2v) is 9.93. The van der Waals surface area contributed by atoms with Gasteiger partial charge in [0.25, 0.3) is 20.0 Å². The van der Waals surface area contributed by atoms with Crippen molar-refractivity contribution in [3.05, 3.63) is 121 Å². The number of sulfonamides is 2. The molecule has 0 atom stereocenters. The molecule has 164 valence electrons. The van der Waals surface area contributed by atoms with Gasteiger partial charge in [0.1, 0.15) is 0 Å². The molecule has 2 N–H and O–H groups in total. The van der Waals surface area contributed by atoms with Crippen molar-refractivity contribution in [3.8, 4) is 0 Å². The minimum absolute atomic E-state index is 0.263. The maximum Gasteiger partial charge on any atom is 0.261 e. The molecule has 0 radical (unpaired) electrons. The molecular formula is C24H22N2O4S2. The van der Waals surface area contributed by atoms with Gasteiger partial charge in [-0.3, -0.25) is 9.44 Å². The Kier molecular flexibility index (Phi) is 7.64. The Hall–Kier alpha value is -3.62. The molecule has 4 aromatic rings. The topological polar surface area (TPSA) is 92.3 Å². The fraction of sp³-hybridized carbons (Fsp3) is 0. The molecule has 0 bridgehead atoms. The molecule has 0 aliphatic rings. The molecule has 32 heavy (non-hydrogen) atoms. The number of rotatable bonds is 6. The monoisotopic (exact) mass is 466 g/mol. The molecule has 0 amide bonds. The highest BCUT2D eigenvalue weighted by atomic mass is 32.2. The zero-order chi connectivity index (χ0) is 22.9. The van der Waals surface area contributed by atoms with Gasteiger partial charge in [0, 0.05) is 11.4 Å². The first-order valence-electron chi connectivity index (χ1n) is 9.63. The van der Waals surface area contributed by atoms with E-state index in [-0.39, 0.29) is 9.79 Å². The van der Waals surface area contributed by atoms with Crippen LogP contribution in [0.4, 0.5) is 11.4 Å². The zero-order valence-corrected chi connectivity index (χ0v) is 18.6. The maximum atomic E-state index is 11.9. The van der Waals surface area contributed by atoms with Crippen LogP contribution in [-0.4, -0.2) is 16.8 Å². The molecule has 0 spiro atoms. The Balaban J connectivity index is 0.000000181. The predicted octanol–water partition coefficient (Wildman–Crippen LogP) is 4.97. The van der Waals surface area contributed by atoms with Gasteiger partial charge in [0.2, 0.25) is 0 Å². The maximum absolute atomic E-state index is 11.9. The van der Waals surface area contributed by atoms with Gasteiger partial charge in [0.15, 0.2) is 0 Å². The average Bonchev–Trinajstić information content (AvgIpc) is 2.81. The van der Waals surface area contributed by atoms with E-state index in [2.05, 4.69) is 9.44 Å². The summed E-state index contributed by atoms with van der Waals surface area (Å²) in [5.74, 6) is 0. The highest BCUT2D eigenvalue weighted by Gasteiger charge is 2.13. The Morgan fingerprint density at radius 2 is 0.625 bits per heavy atom. The third-order valence-corrected chi connectivity index (χ3v) is 6.95. The largest absolute Gasteiger partial charge is 0.280 e. The van der Waals surface area contributed by atoms with E-state index in [4.69, 9.17) is 0 Å². The SMILES string of the molecule is O=S(=O)(Nc1ccccc1)c1ccccc1.O=S(=O)(Nc1ccccc1)c1ccccc1. The lowest BCUT2D eigenvalue weighted by Gasteiger charge is -2.07. The third kappa shape index (κ3) is 6.69. The average molecular weight is 467 g/mol. The lowest BCUT2D eigenvalue weighted by atomic mass is 10.3. The lowest BCUT2D eigenvalue weighted by molar-refractivity contribution is 0.599. The number of nitrogens with one attached hydrogen (secondary N) is 2. The van der Waals surface area contributed by atoms with Crippen LogP contribution in [0.5, 0.6) is 0 Å². The zero-order valence-electron chi connectivity index (χ0n) is 17.0. The summed E-state index contributed by atoms with van der Waals surface area (Å²) >= 11 is 0. The lowest BCUT2D eigenvalue weighted by Crippen LogP contribution is -2.12. The van der Waals surface area contributed by atoms with Crippen molar-refractivity contribution in [3.63, 3.8) is 0 Å². The molecule has 6 nitrogen and oxygen atoms in total. The van der Waals surface area contributed by atoms with Gasteiger partial charge in [0.05, 0.1) is 9.79 Å². The molecule has 0 fully saturated rings. The highest BCUT2D eigenvalue weighted by molar-refractivity contribution is 7.93. The summed E-state index contributed by atoms with van der Waals surface area (Å²) in [6.45, 7) is 0. The Morgan fingerprint density at radius 1 is 0.375 bits per heavy atom. The van der Waals surface area contributed by atoms with Crippen LogP contribution in [0.25, 0.3) is 0 Å². The van der Waals surface area contributed by atoms with E-state index in [1.807, 2.05) is 12.1 Å². The summed E-state index contributed by atoms with van der Waals surface area (Å²) < 4.78 is 52.6. The second kappa shape index (κ2) is 10.6. The van der Waals surface area contributed by atoms with Crippen molar-refractivity contribution >= 4 is 31.4 Å². The summed E-state index contributed by atoms with van der Waals surface area (Å²) in [5, 5.41) is 0. The first-order chi connectivity index (χ1) is 15.4. The van der Waals surface area contributed by atoms with Gasteiger partial charge in [-0.05, 0) is 48.5 Å². The highest BCUT2D eigenvalue weighted by Crippen LogP contribution is 2.15. The molecular weight excluding hydrogens is 444 g/mol. The van der Waals surface area contributed by atoms with Crippen molar-refractivity contribution < 1.29 is 16.8 Å². The first-order valence-corrected chi connectivity index (χ1v) is 12.6. The molecule has 4 rings (SSSR count). The summed E-state index contributed by atoms with van der Waals surface area (Å²) in [5.41, 5.74) is 1.12. The molecule has 0 saturated carbocycles. The third-order valence-electron chi connectivity index (χ3n) is 4.16. The summed E-state index contributed by atoms with van der Waals surface area (Å²) in [6.07, 6.45) is 0. The molecule has 0 saturated heterocycles. The van der Waals surface area contributed by atoms with Gasteiger partial charge in [-0.1, -0.05) is 72.8 Å². The van der Waals surface area contributed by atoms with Gasteiger partial charge >= 0.3 is 0 Å². The summed E-state index contributed by atoms with van der Waals surface area (Å²) in [7, 11) is -6.93. The van der Waals surface area contributed by atoms with Crippen molar-refractivity contribution in [1.29, 1.82) is 0 Å². The van der Waals surface area contributed by atoms with Crippen molar-refractivity contribution in [2.45, 2.75) is 9.79 Å². The van der Waals surface area contributed by atoms with Crippen molar-refractivity contribution in [1.82, 2.24) is 0 Å². The minimum Gasteiger partial charge on any atom is -0.280 e. The van der Waals surface area contributed by atoms with Gasteiger partial charge in [-0.2, -0.15) is 0 Å². The van der Waals surface area contributed by atoms with Crippen molar-refractivity contribution in [2.75, 3.05) is 9.44 Å². The van der Waals surface area contributed by atoms with E-state index in [1.54, 1.807) is 109 Å². The molecule has 0 aliphatic heterocycles. The second-order valence-electron chi connectivity index (χ2n) is 6.57. The molecule has 0 heterocycles. The first kappa shape index (κ1) is 23.1.